The molecule has 1 aromatic carbocycles. The number of anilines is 2. The van der Waals surface area contributed by atoms with Gasteiger partial charge in [0.2, 0.25) is 11.8 Å². The number of nitrogens with zero attached hydrogens (tertiary/aromatic N) is 5. The molecular weight excluding hydrogens is 423 g/mol. The summed E-state index contributed by atoms with van der Waals surface area (Å²) in [6, 6.07) is 8.58. The molecule has 2 aromatic rings. The lowest BCUT2D eigenvalue weighted by Crippen LogP contribution is -2.47. The molecule has 0 saturated carbocycles. The predicted molar refractivity (Wildman–Crippen MR) is 126 cm³/mol. The monoisotopic (exact) mass is 456 g/mol. The van der Waals surface area contributed by atoms with Crippen molar-refractivity contribution in [3.8, 4) is 0 Å². The number of hydrogen-bond acceptors (Lipinski definition) is 5. The Morgan fingerprint density at radius 2 is 1.79 bits per heavy atom. The number of fused-ring (bicyclic) bond motifs is 1. The Labute approximate surface area is 194 Å². The lowest BCUT2D eigenvalue weighted by atomic mass is 10.2. The summed E-state index contributed by atoms with van der Waals surface area (Å²) in [5.74, 6) is 0.526. The van der Waals surface area contributed by atoms with Crippen molar-refractivity contribution in [2.45, 2.75) is 39.2 Å². The van der Waals surface area contributed by atoms with Crippen LogP contribution in [0.25, 0.3) is 0 Å². The molecular formula is C24H33FN6O2. The fraction of sp³-hybridized carbons (Fsp3) is 0.542. The number of hydrogen-bond donors (Lipinski definition) is 1. The Bertz CT molecular complexity index is 952. The number of carbonyl (C=O) groups is 2. The number of aromatic nitrogens is 2. The van der Waals surface area contributed by atoms with Crippen molar-refractivity contribution in [3.63, 3.8) is 0 Å². The maximum Gasteiger partial charge on any atom is 0.228 e. The maximum atomic E-state index is 13.1. The van der Waals surface area contributed by atoms with Crippen LogP contribution in [0.1, 0.15) is 31.4 Å². The summed E-state index contributed by atoms with van der Waals surface area (Å²) >= 11 is 0. The topological polar surface area (TPSA) is 73.7 Å². The van der Waals surface area contributed by atoms with E-state index in [4.69, 9.17) is 0 Å². The molecule has 0 radical (unpaired) electrons. The molecule has 2 aliphatic heterocycles. The third-order valence-corrected chi connectivity index (χ3v) is 6.31. The summed E-state index contributed by atoms with van der Waals surface area (Å²) in [6.45, 7) is 8.69. The van der Waals surface area contributed by atoms with E-state index in [9.17, 15) is 14.0 Å². The van der Waals surface area contributed by atoms with Crippen molar-refractivity contribution in [1.82, 2.24) is 20.0 Å². The Morgan fingerprint density at radius 1 is 1.03 bits per heavy atom. The SMILES string of the molecule is Cc1cc2n(n1)CCCN2C(=O)CCC(=O)NCCCN1CCN(c2ccc(F)cc2)CC1. The van der Waals surface area contributed by atoms with Crippen LogP contribution in [0.2, 0.25) is 0 Å². The zero-order chi connectivity index (χ0) is 23.2. The van der Waals surface area contributed by atoms with Gasteiger partial charge < -0.3 is 10.2 Å². The molecule has 0 atom stereocenters. The molecule has 4 rings (SSSR count). The molecule has 33 heavy (non-hydrogen) atoms. The van der Waals surface area contributed by atoms with Crippen molar-refractivity contribution in [2.75, 3.05) is 55.6 Å². The van der Waals surface area contributed by atoms with Gasteiger partial charge in [0, 0.05) is 70.4 Å². The van der Waals surface area contributed by atoms with Crippen LogP contribution in [0.3, 0.4) is 0 Å². The van der Waals surface area contributed by atoms with E-state index >= 15 is 0 Å². The fourth-order valence-electron chi connectivity index (χ4n) is 4.52. The van der Waals surface area contributed by atoms with E-state index in [2.05, 4.69) is 20.2 Å². The van der Waals surface area contributed by atoms with Crippen LogP contribution in [0.15, 0.2) is 30.3 Å². The van der Waals surface area contributed by atoms with E-state index in [-0.39, 0.29) is 30.5 Å². The van der Waals surface area contributed by atoms with E-state index in [1.165, 1.54) is 12.1 Å². The average Bonchev–Trinajstić information content (AvgIpc) is 3.21. The fourth-order valence-corrected chi connectivity index (χ4v) is 4.52. The van der Waals surface area contributed by atoms with Gasteiger partial charge in [0.1, 0.15) is 11.6 Å². The van der Waals surface area contributed by atoms with Gasteiger partial charge in [-0.3, -0.25) is 19.4 Å². The van der Waals surface area contributed by atoms with Crippen molar-refractivity contribution in [1.29, 1.82) is 0 Å². The van der Waals surface area contributed by atoms with Crippen LogP contribution in [-0.4, -0.2) is 72.3 Å². The molecule has 1 N–H and O–H groups in total. The Hall–Kier alpha value is -2.94. The minimum atomic E-state index is -0.210. The van der Waals surface area contributed by atoms with Crippen LogP contribution in [0.5, 0.6) is 0 Å². The van der Waals surface area contributed by atoms with Crippen molar-refractivity contribution in [3.05, 3.63) is 41.8 Å². The van der Waals surface area contributed by atoms with Gasteiger partial charge in [0.15, 0.2) is 0 Å². The molecule has 2 aliphatic rings. The first-order chi connectivity index (χ1) is 16.0. The van der Waals surface area contributed by atoms with Gasteiger partial charge in [-0.15, -0.1) is 0 Å². The standard InChI is InChI=1S/C24H33FN6O2/c1-19-18-23-30(12-3-13-31(23)27-19)24(33)9-8-22(32)26-10-2-11-28-14-16-29(17-15-28)21-6-4-20(25)5-7-21/h4-7,18H,2-3,8-17H2,1H3,(H,26,32). The number of aryl methyl sites for hydroxylation is 2. The lowest BCUT2D eigenvalue weighted by molar-refractivity contribution is -0.125. The van der Waals surface area contributed by atoms with Crippen LogP contribution in [-0.2, 0) is 16.1 Å². The summed E-state index contributed by atoms with van der Waals surface area (Å²) in [5.41, 5.74) is 1.96. The van der Waals surface area contributed by atoms with Gasteiger partial charge in [0.05, 0.1) is 5.69 Å². The average molecular weight is 457 g/mol. The molecule has 0 bridgehead atoms. The normalized spacial score (nSPS) is 16.5. The third kappa shape index (κ3) is 6.10. The van der Waals surface area contributed by atoms with Crippen molar-refractivity contribution in [2.24, 2.45) is 0 Å². The first kappa shape index (κ1) is 23.2. The Balaban J connectivity index is 1.10. The quantitative estimate of drug-likeness (QED) is 0.617. The van der Waals surface area contributed by atoms with Gasteiger partial charge in [-0.25, -0.2) is 9.07 Å². The van der Waals surface area contributed by atoms with Gasteiger partial charge in [0.25, 0.3) is 0 Å². The highest BCUT2D eigenvalue weighted by Crippen LogP contribution is 2.22. The minimum Gasteiger partial charge on any atom is -0.369 e. The molecule has 178 valence electrons. The van der Waals surface area contributed by atoms with Gasteiger partial charge in [-0.1, -0.05) is 0 Å². The van der Waals surface area contributed by atoms with Gasteiger partial charge in [-0.05, 0) is 50.6 Å². The van der Waals surface area contributed by atoms with Gasteiger partial charge in [-0.2, -0.15) is 5.10 Å². The molecule has 2 amide bonds. The molecule has 1 saturated heterocycles. The number of nitrogens with one attached hydrogen (secondary N) is 1. The molecule has 0 unspecified atom stereocenters. The second kappa shape index (κ2) is 10.8. The second-order valence-corrected chi connectivity index (χ2v) is 8.77. The summed E-state index contributed by atoms with van der Waals surface area (Å²) in [5, 5.41) is 7.36. The zero-order valence-corrected chi connectivity index (χ0v) is 19.3. The maximum absolute atomic E-state index is 13.1. The van der Waals surface area contributed by atoms with Crippen molar-refractivity contribution >= 4 is 23.3 Å². The van der Waals surface area contributed by atoms with Crippen LogP contribution in [0, 0.1) is 12.7 Å². The molecule has 8 nitrogen and oxygen atoms in total. The number of carbonyl (C=O) groups excluding carboxylic acids is 2. The highest BCUT2D eigenvalue weighted by atomic mass is 19.1. The Kier molecular flexibility index (Phi) is 7.59. The van der Waals surface area contributed by atoms with E-state index < -0.39 is 0 Å². The van der Waals surface area contributed by atoms with Crippen molar-refractivity contribution < 1.29 is 14.0 Å². The van der Waals surface area contributed by atoms with Crippen LogP contribution >= 0.6 is 0 Å². The van der Waals surface area contributed by atoms with Crippen LogP contribution < -0.4 is 15.1 Å². The number of halogens is 1. The molecule has 3 heterocycles. The number of rotatable bonds is 8. The summed E-state index contributed by atoms with van der Waals surface area (Å²) < 4.78 is 15.0. The molecule has 0 aliphatic carbocycles. The molecule has 1 aromatic heterocycles. The highest BCUT2D eigenvalue weighted by Gasteiger charge is 2.24. The summed E-state index contributed by atoms with van der Waals surface area (Å²) in [4.78, 5) is 31.2. The predicted octanol–water partition coefficient (Wildman–Crippen LogP) is 2.18. The smallest absolute Gasteiger partial charge is 0.228 e. The summed E-state index contributed by atoms with van der Waals surface area (Å²) in [6.07, 6.45) is 2.17. The van der Waals surface area contributed by atoms with E-state index in [1.807, 2.05) is 29.8 Å². The lowest BCUT2D eigenvalue weighted by Gasteiger charge is -2.36. The largest absolute Gasteiger partial charge is 0.369 e. The minimum absolute atomic E-state index is 0.0231. The molecule has 0 spiro atoms. The van der Waals surface area contributed by atoms with Gasteiger partial charge >= 0.3 is 0 Å². The first-order valence-corrected chi connectivity index (χ1v) is 11.8. The molecule has 9 heteroatoms. The van der Waals surface area contributed by atoms with Crippen LogP contribution in [0.4, 0.5) is 15.9 Å². The second-order valence-electron chi connectivity index (χ2n) is 8.77. The molecule has 1 fully saturated rings. The number of amides is 2. The number of benzene rings is 1. The number of piperazine rings is 1. The Morgan fingerprint density at radius 3 is 2.55 bits per heavy atom. The van der Waals surface area contributed by atoms with E-state index in [0.29, 0.717) is 13.1 Å². The van der Waals surface area contributed by atoms with E-state index in [0.717, 1.165) is 69.3 Å². The van der Waals surface area contributed by atoms with E-state index in [1.54, 1.807) is 4.90 Å². The summed E-state index contributed by atoms with van der Waals surface area (Å²) in [7, 11) is 0. The zero-order valence-electron chi connectivity index (χ0n) is 19.3. The highest BCUT2D eigenvalue weighted by molar-refractivity contribution is 5.95. The third-order valence-electron chi connectivity index (χ3n) is 6.31. The first-order valence-electron chi connectivity index (χ1n) is 11.8.